The third kappa shape index (κ3) is 2.95. The molecule has 0 amide bonds. The van der Waals surface area contributed by atoms with Gasteiger partial charge in [-0.15, -0.1) is 6.82 Å². The van der Waals surface area contributed by atoms with Gasteiger partial charge >= 0.3 is 0 Å². The average molecular weight is 247 g/mol. The molecule has 98 valence electrons. The van der Waals surface area contributed by atoms with E-state index in [1.165, 1.54) is 0 Å². The van der Waals surface area contributed by atoms with Crippen molar-refractivity contribution in [2.45, 2.75) is 32.9 Å². The van der Waals surface area contributed by atoms with Crippen LogP contribution in [0.1, 0.15) is 19.4 Å². The smallest absolute Gasteiger partial charge is 0.260 e. The minimum atomic E-state index is -1.30. The molecule has 1 aromatic carbocycles. The Hall–Kier alpha value is -1.26. The summed E-state index contributed by atoms with van der Waals surface area (Å²) < 4.78 is 16.8. The van der Waals surface area contributed by atoms with Gasteiger partial charge in [-0.3, -0.25) is 0 Å². The van der Waals surface area contributed by atoms with E-state index in [2.05, 4.69) is 0 Å². The van der Waals surface area contributed by atoms with E-state index < -0.39 is 6.55 Å². The van der Waals surface area contributed by atoms with Crippen LogP contribution in [0.2, 0.25) is 6.82 Å². The van der Waals surface area contributed by atoms with Crippen LogP contribution in [-0.2, 0) is 9.31 Å². The van der Waals surface area contributed by atoms with E-state index in [0.29, 0.717) is 0 Å². The van der Waals surface area contributed by atoms with Crippen LogP contribution in [0.4, 0.5) is 0 Å². The maximum Gasteiger partial charge on any atom is 0.260 e. The van der Waals surface area contributed by atoms with Gasteiger partial charge < -0.3 is 14.0 Å². The van der Waals surface area contributed by atoms with Crippen molar-refractivity contribution < 1.29 is 14.0 Å². The number of methoxy groups -OCH3 is 1. The monoisotopic (exact) mass is 247 g/mol. The van der Waals surface area contributed by atoms with E-state index in [9.17, 15) is 0 Å². The molecule has 3 nitrogen and oxygen atoms in total. The van der Waals surface area contributed by atoms with Gasteiger partial charge in [0, 0.05) is 12.2 Å². The molecule has 4 heteroatoms. The normalized spacial score (nSPS) is 32.0. The van der Waals surface area contributed by atoms with Crippen LogP contribution in [0, 0.1) is 0 Å². The van der Waals surface area contributed by atoms with Gasteiger partial charge in [-0.05, 0) is 31.5 Å². The van der Waals surface area contributed by atoms with Crippen LogP contribution >= 0.6 is 0 Å². The Morgan fingerprint density at radius 3 is 2.17 bits per heavy atom. The third-order valence-corrected chi connectivity index (χ3v) is 3.38. The van der Waals surface area contributed by atoms with Crippen LogP contribution in [0.15, 0.2) is 30.2 Å². The maximum atomic E-state index is 5.86. The minimum absolute atomic E-state index is 0.149. The minimum Gasteiger partial charge on any atom is -0.561 e. The molecule has 0 N–H and O–H groups in total. The summed E-state index contributed by atoms with van der Waals surface area (Å²) in [5.41, 5.74) is 1.11. The molecule has 2 rings (SSSR count). The quantitative estimate of drug-likeness (QED) is 0.768. The third-order valence-electron chi connectivity index (χ3n) is 3.38. The Bertz CT molecular complexity index is 417. The number of ether oxygens (including phenoxy) is 1. The molecule has 0 aromatic heterocycles. The SMILES string of the molecule is COc1ccc(/C=C/[B-]2(C)OC(C)C(C)O2)cc1. The highest BCUT2D eigenvalue weighted by molar-refractivity contribution is 6.72. The van der Waals surface area contributed by atoms with E-state index in [0.717, 1.165) is 11.3 Å². The summed E-state index contributed by atoms with van der Waals surface area (Å²) in [5.74, 6) is 2.88. The summed E-state index contributed by atoms with van der Waals surface area (Å²) in [4.78, 5) is 0. The van der Waals surface area contributed by atoms with Crippen molar-refractivity contribution in [3.63, 3.8) is 0 Å². The van der Waals surface area contributed by atoms with Gasteiger partial charge in [0.1, 0.15) is 5.75 Å². The van der Waals surface area contributed by atoms with Crippen molar-refractivity contribution >= 4 is 12.6 Å². The molecule has 0 bridgehead atoms. The first kappa shape index (κ1) is 13.2. The predicted octanol–water partition coefficient (Wildman–Crippen LogP) is 3.14. The van der Waals surface area contributed by atoms with Gasteiger partial charge in [0.15, 0.2) is 0 Å². The molecule has 1 fully saturated rings. The van der Waals surface area contributed by atoms with Crippen molar-refractivity contribution in [3.8, 4) is 5.75 Å². The van der Waals surface area contributed by atoms with Crippen molar-refractivity contribution in [1.82, 2.24) is 0 Å². The first-order chi connectivity index (χ1) is 8.52. The standard InChI is InChI=1S/C14H20BO3/c1-11-12(2)18-15(3,17-11)10-9-13-5-7-14(16-4)8-6-13/h5-12H,1-4H3/q-1/b10-9+. The molecule has 0 saturated carbocycles. The first-order valence-corrected chi connectivity index (χ1v) is 6.40. The molecule has 1 aliphatic heterocycles. The Morgan fingerprint density at radius 1 is 1.11 bits per heavy atom. The molecule has 1 saturated heterocycles. The second kappa shape index (κ2) is 5.16. The zero-order valence-corrected chi connectivity index (χ0v) is 11.4. The fraction of sp³-hybridized carbons (Fsp3) is 0.429. The summed E-state index contributed by atoms with van der Waals surface area (Å²) in [6.45, 7) is 4.78. The molecule has 1 heterocycles. The van der Waals surface area contributed by atoms with Crippen LogP contribution in [0.3, 0.4) is 0 Å². The van der Waals surface area contributed by atoms with Crippen LogP contribution in [-0.4, -0.2) is 25.9 Å². The van der Waals surface area contributed by atoms with Crippen LogP contribution in [0.5, 0.6) is 5.75 Å². The fourth-order valence-electron chi connectivity index (χ4n) is 2.20. The van der Waals surface area contributed by atoms with Gasteiger partial charge in [-0.25, -0.2) is 0 Å². The van der Waals surface area contributed by atoms with Gasteiger partial charge in [0.2, 0.25) is 0 Å². The highest BCUT2D eigenvalue weighted by atomic mass is 16.7. The lowest BCUT2D eigenvalue weighted by molar-refractivity contribution is 0.187. The van der Waals surface area contributed by atoms with Gasteiger partial charge in [-0.1, -0.05) is 18.2 Å². The topological polar surface area (TPSA) is 27.7 Å². The lowest BCUT2D eigenvalue weighted by atomic mass is 9.60. The first-order valence-electron chi connectivity index (χ1n) is 6.40. The van der Waals surface area contributed by atoms with E-state index in [4.69, 9.17) is 14.0 Å². The highest BCUT2D eigenvalue weighted by Crippen LogP contribution is 2.26. The zero-order chi connectivity index (χ0) is 13.2. The molecule has 0 aliphatic carbocycles. The van der Waals surface area contributed by atoms with Gasteiger partial charge in [-0.2, -0.15) is 5.98 Å². The van der Waals surface area contributed by atoms with Crippen LogP contribution < -0.4 is 4.74 Å². The van der Waals surface area contributed by atoms with Crippen molar-refractivity contribution in [1.29, 1.82) is 0 Å². The second-order valence-corrected chi connectivity index (χ2v) is 4.99. The molecular weight excluding hydrogens is 227 g/mol. The largest absolute Gasteiger partial charge is 0.561 e. The lowest BCUT2D eigenvalue weighted by Gasteiger charge is -2.26. The van der Waals surface area contributed by atoms with Crippen LogP contribution in [0.25, 0.3) is 6.08 Å². The summed E-state index contributed by atoms with van der Waals surface area (Å²) in [7, 11) is 1.66. The Labute approximate surface area is 109 Å². The zero-order valence-electron chi connectivity index (χ0n) is 11.4. The Balaban J connectivity index is 2.06. The number of rotatable bonds is 3. The number of benzene rings is 1. The summed E-state index contributed by atoms with van der Waals surface area (Å²) in [5, 5.41) is 0. The fourth-order valence-corrected chi connectivity index (χ4v) is 2.20. The molecule has 1 aromatic rings. The molecule has 2 unspecified atom stereocenters. The molecule has 0 radical (unpaired) electrons. The summed E-state index contributed by atoms with van der Waals surface area (Å²) in [6.07, 6.45) is 2.33. The van der Waals surface area contributed by atoms with Gasteiger partial charge in [0.05, 0.1) is 7.11 Å². The average Bonchev–Trinajstić information content (AvgIpc) is 2.62. The second-order valence-electron chi connectivity index (χ2n) is 4.99. The summed E-state index contributed by atoms with van der Waals surface area (Å²) >= 11 is 0. The Morgan fingerprint density at radius 2 is 1.67 bits per heavy atom. The molecule has 18 heavy (non-hydrogen) atoms. The summed E-state index contributed by atoms with van der Waals surface area (Å²) in [6, 6.07) is 7.90. The Kier molecular flexibility index (Phi) is 3.78. The van der Waals surface area contributed by atoms with E-state index in [-0.39, 0.29) is 12.2 Å². The van der Waals surface area contributed by atoms with E-state index in [1.807, 2.05) is 57.0 Å². The molecular formula is C14H20BO3-. The van der Waals surface area contributed by atoms with Gasteiger partial charge in [0.25, 0.3) is 6.55 Å². The predicted molar refractivity (Wildman–Crippen MR) is 74.7 cm³/mol. The van der Waals surface area contributed by atoms with Crippen molar-refractivity contribution in [2.75, 3.05) is 7.11 Å². The molecule has 1 aliphatic rings. The van der Waals surface area contributed by atoms with E-state index >= 15 is 0 Å². The maximum absolute atomic E-state index is 5.86. The number of hydrogen-bond donors (Lipinski definition) is 0. The molecule has 2 atom stereocenters. The van der Waals surface area contributed by atoms with E-state index in [1.54, 1.807) is 7.11 Å². The lowest BCUT2D eigenvalue weighted by Crippen LogP contribution is -2.30. The van der Waals surface area contributed by atoms with Crippen molar-refractivity contribution in [3.05, 3.63) is 35.8 Å². The highest BCUT2D eigenvalue weighted by Gasteiger charge is 2.31. The molecule has 0 spiro atoms. The number of hydrogen-bond acceptors (Lipinski definition) is 3. The van der Waals surface area contributed by atoms with Crippen molar-refractivity contribution in [2.24, 2.45) is 0 Å².